The number of amides is 5. The summed E-state index contributed by atoms with van der Waals surface area (Å²) in [6.45, 7) is 9.06. The number of aromatic nitrogens is 1. The van der Waals surface area contributed by atoms with Gasteiger partial charge in [0.05, 0.1) is 22.8 Å². The number of hydrogen-bond acceptors (Lipinski definition) is 9. The summed E-state index contributed by atoms with van der Waals surface area (Å²) in [5.74, 6) is -5.13. The molecule has 2 aromatic carbocycles. The van der Waals surface area contributed by atoms with Crippen LogP contribution in [0.2, 0.25) is 0 Å². The minimum Gasteiger partial charge on any atom is -0.464 e. The van der Waals surface area contributed by atoms with E-state index in [0.717, 1.165) is 4.90 Å². The lowest BCUT2D eigenvalue weighted by Crippen LogP contribution is -2.51. The van der Waals surface area contributed by atoms with E-state index < -0.39 is 68.2 Å². The molecule has 1 aromatic heterocycles. The normalized spacial score (nSPS) is 14.2. The van der Waals surface area contributed by atoms with Gasteiger partial charge in [-0.1, -0.05) is 40.7 Å². The van der Waals surface area contributed by atoms with Crippen LogP contribution in [0.4, 0.5) is 30.8 Å². The number of aryl methyl sites for hydroxylation is 1. The van der Waals surface area contributed by atoms with Crippen molar-refractivity contribution in [2.75, 3.05) is 35.1 Å². The minimum absolute atomic E-state index is 0.0277. The van der Waals surface area contributed by atoms with Crippen molar-refractivity contribution in [2.24, 2.45) is 11.3 Å². The molecule has 5 amide bonds. The molecule has 0 unspecified atom stereocenters. The quantitative estimate of drug-likeness (QED) is 0.205. The van der Waals surface area contributed by atoms with Gasteiger partial charge >= 0.3 is 12.0 Å². The van der Waals surface area contributed by atoms with Crippen LogP contribution in [-0.4, -0.2) is 74.3 Å². The molecule has 4 rings (SSSR count). The third-order valence-electron chi connectivity index (χ3n) is 7.99. The molecule has 1 fully saturated rings. The van der Waals surface area contributed by atoms with E-state index in [4.69, 9.17) is 4.74 Å². The smallest absolute Gasteiger partial charge is 0.332 e. The zero-order valence-electron chi connectivity index (χ0n) is 30.2. The number of carbonyl (C=O) groups is 5. The first-order valence-electron chi connectivity index (χ1n) is 16.7. The summed E-state index contributed by atoms with van der Waals surface area (Å²) in [5.41, 5.74) is -1.36. The highest BCUT2D eigenvalue weighted by atomic mass is 32.2. The Morgan fingerprint density at radius 1 is 1.00 bits per heavy atom. The van der Waals surface area contributed by atoms with Crippen molar-refractivity contribution in [1.82, 2.24) is 15.2 Å². The average molecular weight is 757 g/mol. The Morgan fingerprint density at radius 2 is 1.68 bits per heavy atom. The van der Waals surface area contributed by atoms with Gasteiger partial charge in [-0.15, -0.1) is 0 Å². The number of benzene rings is 2. The molecule has 53 heavy (non-hydrogen) atoms. The maximum atomic E-state index is 15.3. The molecule has 0 saturated carbocycles. The van der Waals surface area contributed by atoms with Crippen LogP contribution in [0, 0.1) is 23.0 Å². The van der Waals surface area contributed by atoms with Gasteiger partial charge in [0, 0.05) is 43.4 Å². The van der Waals surface area contributed by atoms with Gasteiger partial charge in [-0.05, 0) is 60.7 Å². The molecule has 284 valence electrons. The van der Waals surface area contributed by atoms with Gasteiger partial charge in [-0.25, -0.2) is 36.7 Å². The number of rotatable bonds is 13. The van der Waals surface area contributed by atoms with Crippen LogP contribution >= 0.6 is 0 Å². The fraction of sp³-hybridized carbons (Fsp3) is 0.389. The van der Waals surface area contributed by atoms with Crippen molar-refractivity contribution < 1.29 is 45.9 Å². The summed E-state index contributed by atoms with van der Waals surface area (Å²) in [7, 11) is -2.86. The molecule has 0 radical (unpaired) electrons. The zero-order chi connectivity index (χ0) is 39.2. The third kappa shape index (κ3) is 10.3. The SMILES string of the molecule is CC(C)COC(=O)[C@H](CCc1ccc(N2C(=O)CCN(C)C2=O)nc1)NC(=O)c1cc(F)c(NS(=O)(=O)c2ccc(NC(=O)C(C)(C)C)cc2)cc1F. The molecule has 14 nitrogen and oxygen atoms in total. The number of sulfonamides is 1. The molecule has 3 aromatic rings. The van der Waals surface area contributed by atoms with Gasteiger partial charge in [0.2, 0.25) is 11.8 Å². The molecule has 1 aliphatic heterocycles. The van der Waals surface area contributed by atoms with Gasteiger partial charge in [0.25, 0.3) is 15.9 Å². The average Bonchev–Trinajstić information content (AvgIpc) is 3.09. The van der Waals surface area contributed by atoms with E-state index in [1.54, 1.807) is 47.7 Å². The topological polar surface area (TPSA) is 184 Å². The predicted octanol–water partition coefficient (Wildman–Crippen LogP) is 4.86. The number of carbonyl (C=O) groups excluding carboxylic acids is 5. The van der Waals surface area contributed by atoms with E-state index in [2.05, 4.69) is 15.6 Å². The van der Waals surface area contributed by atoms with E-state index in [9.17, 15) is 32.4 Å². The number of imide groups is 1. The van der Waals surface area contributed by atoms with E-state index in [0.29, 0.717) is 29.9 Å². The van der Waals surface area contributed by atoms with Gasteiger partial charge in [-0.2, -0.15) is 0 Å². The molecule has 17 heteroatoms. The van der Waals surface area contributed by atoms with Gasteiger partial charge < -0.3 is 20.3 Å². The number of nitrogens with one attached hydrogen (secondary N) is 3. The van der Waals surface area contributed by atoms with Gasteiger partial charge in [0.15, 0.2) is 0 Å². The Balaban J connectivity index is 1.46. The lowest BCUT2D eigenvalue weighted by molar-refractivity contribution is -0.147. The van der Waals surface area contributed by atoms with Crippen molar-refractivity contribution in [2.45, 2.75) is 64.8 Å². The summed E-state index contributed by atoms with van der Waals surface area (Å²) >= 11 is 0. The number of pyridine rings is 1. The Labute approximate surface area is 306 Å². The molecular formula is C36H42F2N6O8S. The largest absolute Gasteiger partial charge is 0.464 e. The summed E-state index contributed by atoms with van der Waals surface area (Å²) in [6.07, 6.45) is 1.66. The van der Waals surface area contributed by atoms with Crippen molar-refractivity contribution in [1.29, 1.82) is 0 Å². The molecule has 1 saturated heterocycles. The van der Waals surface area contributed by atoms with Crippen LogP contribution in [0.25, 0.3) is 0 Å². The van der Waals surface area contributed by atoms with Crippen molar-refractivity contribution in [3.8, 4) is 0 Å². The fourth-order valence-electron chi connectivity index (χ4n) is 4.85. The van der Waals surface area contributed by atoms with Crippen LogP contribution in [0.5, 0.6) is 0 Å². The maximum Gasteiger partial charge on any atom is 0.332 e. The highest BCUT2D eigenvalue weighted by Gasteiger charge is 2.32. The molecule has 2 heterocycles. The zero-order valence-corrected chi connectivity index (χ0v) is 31.0. The van der Waals surface area contributed by atoms with Gasteiger partial charge in [0.1, 0.15) is 23.5 Å². The molecule has 1 atom stereocenters. The highest BCUT2D eigenvalue weighted by molar-refractivity contribution is 7.92. The van der Waals surface area contributed by atoms with E-state index in [1.165, 1.54) is 41.4 Å². The molecule has 0 bridgehead atoms. The Hall–Kier alpha value is -5.45. The number of halogens is 2. The number of anilines is 3. The standard InChI is InChI=1S/C36H42F2N6O8S/c1-21(2)20-52-33(47)28(13-7-22-8-14-30(39-19-22)44-31(45)15-16-43(6)35(44)49)41-32(46)25-17-27(38)29(18-26(25)37)42-53(50,51)24-11-9-23(10-12-24)40-34(48)36(3,4)5/h8-12,14,17-19,21,28,42H,7,13,15-16,20H2,1-6H3,(H,40,48)(H,41,46)/t28-/m0/s1. The maximum absolute atomic E-state index is 15.3. The van der Waals surface area contributed by atoms with Crippen LogP contribution < -0.4 is 20.3 Å². The number of ether oxygens (including phenoxy) is 1. The van der Waals surface area contributed by atoms with Crippen molar-refractivity contribution in [3.63, 3.8) is 0 Å². The number of urea groups is 1. The Morgan fingerprint density at radius 3 is 2.28 bits per heavy atom. The first-order valence-corrected chi connectivity index (χ1v) is 18.2. The Kier molecular flexibility index (Phi) is 12.5. The second kappa shape index (κ2) is 16.5. The monoisotopic (exact) mass is 756 g/mol. The molecule has 0 aliphatic carbocycles. The first-order chi connectivity index (χ1) is 24.8. The summed E-state index contributed by atoms with van der Waals surface area (Å²) in [6, 6.07) is 7.31. The summed E-state index contributed by atoms with van der Waals surface area (Å²) in [4.78, 5) is 69.6. The molecule has 1 aliphatic rings. The second-order valence-corrected chi connectivity index (χ2v) is 15.6. The molecule has 0 spiro atoms. The third-order valence-corrected chi connectivity index (χ3v) is 9.37. The van der Waals surface area contributed by atoms with Crippen molar-refractivity contribution in [3.05, 3.63) is 77.5 Å². The van der Waals surface area contributed by atoms with Crippen LogP contribution in [-0.2, 0) is 35.6 Å². The van der Waals surface area contributed by atoms with Crippen molar-refractivity contribution >= 4 is 56.9 Å². The summed E-state index contributed by atoms with van der Waals surface area (Å²) < 4.78 is 63.7. The predicted molar refractivity (Wildman–Crippen MR) is 191 cm³/mol. The van der Waals surface area contributed by atoms with E-state index in [-0.39, 0.29) is 48.4 Å². The lowest BCUT2D eigenvalue weighted by atomic mass is 9.95. The Bertz CT molecular complexity index is 1980. The van der Waals surface area contributed by atoms with E-state index >= 15 is 8.78 Å². The highest BCUT2D eigenvalue weighted by Crippen LogP contribution is 2.25. The van der Waals surface area contributed by atoms with Crippen LogP contribution in [0.15, 0.2) is 59.6 Å². The lowest BCUT2D eigenvalue weighted by Gasteiger charge is -2.30. The minimum atomic E-state index is -4.43. The van der Waals surface area contributed by atoms with Crippen LogP contribution in [0.1, 0.15) is 63.4 Å². The molecule has 3 N–H and O–H groups in total. The first kappa shape index (κ1) is 40.3. The summed E-state index contributed by atoms with van der Waals surface area (Å²) in [5, 5.41) is 5.04. The van der Waals surface area contributed by atoms with Gasteiger partial charge in [-0.3, -0.25) is 19.1 Å². The number of hydrogen-bond donors (Lipinski definition) is 3. The fourth-order valence-corrected chi connectivity index (χ4v) is 5.91. The van der Waals surface area contributed by atoms with Crippen LogP contribution in [0.3, 0.4) is 0 Å². The number of nitrogens with zero attached hydrogens (tertiary/aromatic N) is 3. The van der Waals surface area contributed by atoms with E-state index in [1.807, 2.05) is 4.72 Å². The number of esters is 1. The second-order valence-electron chi connectivity index (χ2n) is 13.9. The molecular weight excluding hydrogens is 714 g/mol.